The van der Waals surface area contributed by atoms with Crippen molar-refractivity contribution in [3.05, 3.63) is 46.9 Å². The van der Waals surface area contributed by atoms with Crippen LogP contribution < -0.4 is 10.5 Å². The Balaban J connectivity index is 1.72. The minimum atomic E-state index is -0.251. The first kappa shape index (κ1) is 17.3. The lowest BCUT2D eigenvalue weighted by Gasteiger charge is -2.21. The van der Waals surface area contributed by atoms with Gasteiger partial charge in [-0.2, -0.15) is 10.1 Å². The van der Waals surface area contributed by atoms with Gasteiger partial charge in [0.15, 0.2) is 5.65 Å². The van der Waals surface area contributed by atoms with Gasteiger partial charge < -0.3 is 9.80 Å². The highest BCUT2D eigenvalue weighted by Crippen LogP contribution is 2.17. The number of amides is 1. The summed E-state index contributed by atoms with van der Waals surface area (Å²) in [4.78, 5) is 36.3. The van der Waals surface area contributed by atoms with E-state index in [0.717, 1.165) is 31.6 Å². The molecule has 3 aromatic rings. The van der Waals surface area contributed by atoms with Crippen molar-refractivity contribution < 1.29 is 4.79 Å². The number of benzene rings is 1. The Bertz CT molecular complexity index is 1010. The van der Waals surface area contributed by atoms with Crippen molar-refractivity contribution in [2.24, 2.45) is 0 Å². The molecule has 0 unspecified atom stereocenters. The van der Waals surface area contributed by atoms with Crippen molar-refractivity contribution >= 4 is 22.9 Å². The van der Waals surface area contributed by atoms with E-state index >= 15 is 0 Å². The van der Waals surface area contributed by atoms with E-state index < -0.39 is 0 Å². The second-order valence-electron chi connectivity index (χ2n) is 6.67. The van der Waals surface area contributed by atoms with Gasteiger partial charge in [0.05, 0.1) is 18.4 Å². The number of H-pyrrole nitrogens is 1. The lowest BCUT2D eigenvalue weighted by molar-refractivity contribution is -0.129. The summed E-state index contributed by atoms with van der Waals surface area (Å²) in [5, 5.41) is 4.75. The number of anilines is 1. The zero-order valence-electron chi connectivity index (χ0n) is 15.3. The van der Waals surface area contributed by atoms with Crippen molar-refractivity contribution in [1.29, 1.82) is 0 Å². The molecule has 0 bridgehead atoms. The number of rotatable bonds is 4. The summed E-state index contributed by atoms with van der Waals surface area (Å²) < 4.78 is 1.65. The summed E-state index contributed by atoms with van der Waals surface area (Å²) in [6.07, 6.45) is 3.29. The number of carbonyl (C=O) groups excluding carboxylic acids is 1. The van der Waals surface area contributed by atoms with Gasteiger partial charge in [0.2, 0.25) is 11.9 Å². The average molecular weight is 366 g/mol. The molecule has 1 amide bonds. The number of para-hydroxylation sites is 1. The Morgan fingerprint density at radius 3 is 2.74 bits per heavy atom. The number of carbonyl (C=O) groups is 1. The molecule has 4 rings (SSSR count). The molecule has 2 aromatic heterocycles. The third kappa shape index (κ3) is 3.30. The predicted octanol–water partition coefficient (Wildman–Crippen LogP) is 1.56. The van der Waals surface area contributed by atoms with Gasteiger partial charge in [-0.3, -0.25) is 14.6 Å². The topological polar surface area (TPSA) is 87.1 Å². The van der Waals surface area contributed by atoms with Crippen LogP contribution in [0.25, 0.3) is 16.7 Å². The Labute approximate surface area is 156 Å². The third-order valence-electron chi connectivity index (χ3n) is 4.75. The lowest BCUT2D eigenvalue weighted by atomic mass is 10.3. The van der Waals surface area contributed by atoms with E-state index in [0.29, 0.717) is 23.5 Å². The van der Waals surface area contributed by atoms with Gasteiger partial charge in [0, 0.05) is 19.6 Å². The van der Waals surface area contributed by atoms with Crippen LogP contribution in [0.3, 0.4) is 0 Å². The molecule has 1 aromatic carbocycles. The maximum atomic E-state index is 12.6. The first-order chi connectivity index (χ1) is 13.2. The maximum Gasteiger partial charge on any atom is 0.263 e. The molecule has 27 heavy (non-hydrogen) atoms. The minimum Gasteiger partial charge on any atom is -0.341 e. The maximum absolute atomic E-state index is 12.6. The van der Waals surface area contributed by atoms with Gasteiger partial charge in [-0.15, -0.1) is 0 Å². The fourth-order valence-electron chi connectivity index (χ4n) is 3.42. The zero-order chi connectivity index (χ0) is 18.8. The summed E-state index contributed by atoms with van der Waals surface area (Å²) in [6.45, 7) is 4.44. The van der Waals surface area contributed by atoms with Crippen LogP contribution in [0.15, 0.2) is 41.3 Å². The standard InChI is InChI=1S/C19H22N6O2/c1-2-9-23-10-6-11-24(13-16(23)26)19-21-17-15(18(27)22-19)12-20-25(17)14-7-4-3-5-8-14/h3-5,7-8,12H,2,6,9-11,13H2,1H3,(H,21,22,27). The summed E-state index contributed by atoms with van der Waals surface area (Å²) in [5.74, 6) is 0.477. The summed E-state index contributed by atoms with van der Waals surface area (Å²) in [6, 6.07) is 9.56. The van der Waals surface area contributed by atoms with Crippen molar-refractivity contribution in [3.8, 4) is 5.69 Å². The molecule has 1 fully saturated rings. The summed E-state index contributed by atoms with van der Waals surface area (Å²) in [7, 11) is 0. The fraction of sp³-hybridized carbons (Fsp3) is 0.368. The molecule has 8 nitrogen and oxygen atoms in total. The highest BCUT2D eigenvalue weighted by molar-refractivity contribution is 5.82. The molecular formula is C19H22N6O2. The Hall–Kier alpha value is -3.16. The van der Waals surface area contributed by atoms with Crippen LogP contribution in [0.1, 0.15) is 19.8 Å². The largest absolute Gasteiger partial charge is 0.341 e. The number of hydrogen-bond donors (Lipinski definition) is 1. The Kier molecular flexibility index (Phi) is 4.62. The molecule has 1 aliphatic rings. The van der Waals surface area contributed by atoms with Crippen molar-refractivity contribution in [2.75, 3.05) is 31.1 Å². The van der Waals surface area contributed by atoms with Gasteiger partial charge in [0.1, 0.15) is 5.39 Å². The summed E-state index contributed by atoms with van der Waals surface area (Å²) >= 11 is 0. The van der Waals surface area contributed by atoms with Crippen LogP contribution in [-0.2, 0) is 4.79 Å². The Morgan fingerprint density at radius 2 is 1.96 bits per heavy atom. The number of fused-ring (bicyclic) bond motifs is 1. The van der Waals surface area contributed by atoms with E-state index in [9.17, 15) is 9.59 Å². The van der Waals surface area contributed by atoms with Crippen LogP contribution in [0.4, 0.5) is 5.95 Å². The van der Waals surface area contributed by atoms with Crippen molar-refractivity contribution in [2.45, 2.75) is 19.8 Å². The predicted molar refractivity (Wildman–Crippen MR) is 103 cm³/mol. The monoisotopic (exact) mass is 366 g/mol. The summed E-state index contributed by atoms with van der Waals surface area (Å²) in [5.41, 5.74) is 1.07. The molecule has 1 N–H and O–H groups in total. The van der Waals surface area contributed by atoms with E-state index in [2.05, 4.69) is 22.0 Å². The van der Waals surface area contributed by atoms with E-state index in [1.165, 1.54) is 6.20 Å². The van der Waals surface area contributed by atoms with Crippen LogP contribution in [0.2, 0.25) is 0 Å². The van der Waals surface area contributed by atoms with E-state index in [-0.39, 0.29) is 18.0 Å². The van der Waals surface area contributed by atoms with E-state index in [1.807, 2.05) is 40.1 Å². The van der Waals surface area contributed by atoms with Gasteiger partial charge in [-0.05, 0) is 25.0 Å². The number of aromatic amines is 1. The second kappa shape index (κ2) is 7.22. The number of nitrogens with one attached hydrogen (secondary N) is 1. The molecule has 140 valence electrons. The molecule has 8 heteroatoms. The van der Waals surface area contributed by atoms with Crippen molar-refractivity contribution in [1.82, 2.24) is 24.6 Å². The molecule has 0 radical (unpaired) electrons. The molecular weight excluding hydrogens is 344 g/mol. The third-order valence-corrected chi connectivity index (χ3v) is 4.75. The normalized spacial score (nSPS) is 15.4. The molecule has 0 aliphatic carbocycles. The fourth-order valence-corrected chi connectivity index (χ4v) is 3.42. The number of aromatic nitrogens is 4. The lowest BCUT2D eigenvalue weighted by Crippen LogP contribution is -2.38. The molecule has 3 heterocycles. The van der Waals surface area contributed by atoms with Gasteiger partial charge >= 0.3 is 0 Å². The van der Waals surface area contributed by atoms with Crippen molar-refractivity contribution in [3.63, 3.8) is 0 Å². The molecule has 0 spiro atoms. The SMILES string of the molecule is CCCN1CCCN(c2nc3c(cnn3-c3ccccc3)c(=O)[nH]2)CC1=O. The van der Waals surface area contributed by atoms with Gasteiger partial charge in [-0.25, -0.2) is 4.68 Å². The first-order valence-corrected chi connectivity index (χ1v) is 9.23. The zero-order valence-corrected chi connectivity index (χ0v) is 15.3. The first-order valence-electron chi connectivity index (χ1n) is 9.23. The molecule has 0 atom stereocenters. The van der Waals surface area contributed by atoms with Crippen LogP contribution in [0, 0.1) is 0 Å². The van der Waals surface area contributed by atoms with Crippen LogP contribution in [-0.4, -0.2) is 56.7 Å². The molecule has 1 saturated heterocycles. The van der Waals surface area contributed by atoms with Crippen LogP contribution in [0.5, 0.6) is 0 Å². The highest BCUT2D eigenvalue weighted by atomic mass is 16.2. The average Bonchev–Trinajstić information content (AvgIpc) is 3.03. The smallest absolute Gasteiger partial charge is 0.263 e. The minimum absolute atomic E-state index is 0.0636. The number of hydrogen-bond acceptors (Lipinski definition) is 5. The van der Waals surface area contributed by atoms with Crippen LogP contribution >= 0.6 is 0 Å². The molecule has 0 saturated carbocycles. The highest BCUT2D eigenvalue weighted by Gasteiger charge is 2.23. The van der Waals surface area contributed by atoms with Gasteiger partial charge in [0.25, 0.3) is 5.56 Å². The molecule has 1 aliphatic heterocycles. The second-order valence-corrected chi connectivity index (χ2v) is 6.67. The van der Waals surface area contributed by atoms with Gasteiger partial charge in [-0.1, -0.05) is 25.1 Å². The Morgan fingerprint density at radius 1 is 1.15 bits per heavy atom. The van der Waals surface area contributed by atoms with E-state index in [1.54, 1.807) is 4.68 Å². The number of nitrogens with zero attached hydrogens (tertiary/aromatic N) is 5. The van der Waals surface area contributed by atoms with E-state index in [4.69, 9.17) is 0 Å². The quantitative estimate of drug-likeness (QED) is 0.757.